The smallest absolute Gasteiger partial charge is 0.319 e. The zero-order chi connectivity index (χ0) is 44.1. The molecule has 0 radical (unpaired) electrons. The summed E-state index contributed by atoms with van der Waals surface area (Å²) in [7, 11) is -2.75. The van der Waals surface area contributed by atoms with E-state index in [0.717, 1.165) is 65.2 Å². The molecular formula is C52H60N6O4Si. The normalized spacial score (nSPS) is 12.2. The molecule has 4 N–H and O–H groups in total. The Morgan fingerprint density at radius 1 is 0.778 bits per heavy atom. The molecule has 10 nitrogen and oxygen atoms in total. The summed E-state index contributed by atoms with van der Waals surface area (Å²) in [5.41, 5.74) is 5.17. The molecule has 0 aliphatic carbocycles. The van der Waals surface area contributed by atoms with Crippen molar-refractivity contribution in [3.8, 4) is 28.6 Å². The Balaban J connectivity index is 0.918. The van der Waals surface area contributed by atoms with Crippen LogP contribution in [0.5, 0.6) is 11.5 Å². The second kappa shape index (κ2) is 21.2. The van der Waals surface area contributed by atoms with Crippen LogP contribution in [0.3, 0.4) is 0 Å². The van der Waals surface area contributed by atoms with Crippen LogP contribution in [0.25, 0.3) is 28.2 Å². The van der Waals surface area contributed by atoms with Crippen molar-refractivity contribution in [1.82, 2.24) is 25.2 Å². The van der Waals surface area contributed by atoms with E-state index in [1.165, 1.54) is 16.8 Å². The van der Waals surface area contributed by atoms with E-state index in [1.54, 1.807) is 6.20 Å². The third kappa shape index (κ3) is 11.2. The lowest BCUT2D eigenvalue weighted by Gasteiger charge is -2.43. The highest BCUT2D eigenvalue weighted by Crippen LogP contribution is 2.38. The number of benzene rings is 5. The van der Waals surface area contributed by atoms with E-state index in [4.69, 9.17) is 14.1 Å². The van der Waals surface area contributed by atoms with Crippen LogP contribution in [0.2, 0.25) is 5.04 Å². The van der Waals surface area contributed by atoms with Gasteiger partial charge in [-0.05, 0) is 101 Å². The van der Waals surface area contributed by atoms with Gasteiger partial charge in [0, 0.05) is 36.2 Å². The van der Waals surface area contributed by atoms with E-state index in [9.17, 15) is 9.90 Å². The van der Waals surface area contributed by atoms with Crippen molar-refractivity contribution in [2.45, 2.75) is 70.9 Å². The van der Waals surface area contributed by atoms with Crippen LogP contribution in [0.4, 0.5) is 10.5 Å². The number of rotatable bonds is 20. The number of amides is 2. The van der Waals surface area contributed by atoms with Crippen molar-refractivity contribution in [2.24, 2.45) is 0 Å². The minimum atomic E-state index is -2.75. The average molecular weight is 861 g/mol. The van der Waals surface area contributed by atoms with E-state index >= 15 is 0 Å². The number of fused-ring (bicyclic) bond motifs is 1. The van der Waals surface area contributed by atoms with Crippen molar-refractivity contribution in [1.29, 1.82) is 0 Å². The van der Waals surface area contributed by atoms with Crippen molar-refractivity contribution < 1.29 is 19.1 Å². The molecule has 7 aromatic rings. The molecule has 0 fully saturated rings. The van der Waals surface area contributed by atoms with E-state index in [1.807, 2.05) is 72.8 Å². The van der Waals surface area contributed by atoms with Crippen molar-refractivity contribution in [3.63, 3.8) is 0 Å². The molecule has 0 spiro atoms. The number of carbonyl (C=O) groups is 1. The number of unbranched alkanes of at least 4 members (excludes halogenated alkanes) is 3. The number of urea groups is 1. The van der Waals surface area contributed by atoms with Gasteiger partial charge in [0.15, 0.2) is 5.65 Å². The highest BCUT2D eigenvalue weighted by atomic mass is 28.4. The average Bonchev–Trinajstić information content (AvgIpc) is 3.69. The quantitative estimate of drug-likeness (QED) is 0.0445. The number of aliphatic hydroxyl groups excluding tert-OH is 1. The maximum Gasteiger partial charge on any atom is 0.319 e. The summed E-state index contributed by atoms with van der Waals surface area (Å²) in [6, 6.07) is 48.7. The maximum absolute atomic E-state index is 12.6. The Morgan fingerprint density at radius 3 is 2.16 bits per heavy atom. The molecule has 7 rings (SSSR count). The third-order valence-corrected chi connectivity index (χ3v) is 16.2. The predicted octanol–water partition coefficient (Wildman–Crippen LogP) is 9.30. The molecule has 2 aromatic heterocycles. The van der Waals surface area contributed by atoms with Crippen molar-refractivity contribution in [3.05, 3.63) is 157 Å². The molecule has 1 atom stereocenters. The molecule has 2 amide bonds. The molecule has 0 bridgehead atoms. The molecule has 0 aliphatic heterocycles. The fourth-order valence-corrected chi connectivity index (χ4v) is 12.4. The van der Waals surface area contributed by atoms with Gasteiger partial charge >= 0.3 is 14.3 Å². The first-order chi connectivity index (χ1) is 30.6. The predicted molar refractivity (Wildman–Crippen MR) is 258 cm³/mol. The summed E-state index contributed by atoms with van der Waals surface area (Å²) in [4.78, 5) is 22.3. The van der Waals surface area contributed by atoms with Crippen LogP contribution in [0.1, 0.15) is 58.9 Å². The number of imidazole rings is 1. The lowest BCUT2D eigenvalue weighted by molar-refractivity contribution is 0.106. The molecule has 63 heavy (non-hydrogen) atoms. The highest BCUT2D eigenvalue weighted by molar-refractivity contribution is 7.00. The molecule has 0 unspecified atom stereocenters. The van der Waals surface area contributed by atoms with Crippen LogP contribution < -0.4 is 35.5 Å². The van der Waals surface area contributed by atoms with Gasteiger partial charge in [0.05, 0.1) is 0 Å². The number of anilines is 1. The van der Waals surface area contributed by atoms with E-state index in [2.05, 4.69) is 126 Å². The number of aromatic nitrogens is 3. The summed E-state index contributed by atoms with van der Waals surface area (Å²) in [5.74, 6) is 2.20. The van der Waals surface area contributed by atoms with Crippen LogP contribution in [-0.4, -0.2) is 66.3 Å². The summed E-state index contributed by atoms with van der Waals surface area (Å²) in [6.45, 7) is 10.9. The van der Waals surface area contributed by atoms with Gasteiger partial charge in [0.1, 0.15) is 35.6 Å². The fraction of sp³-hybridized carbons (Fsp3) is 0.288. The third-order valence-electron chi connectivity index (χ3n) is 11.2. The number of nitrogens with one attached hydrogen (secondary N) is 3. The Morgan fingerprint density at radius 2 is 1.48 bits per heavy atom. The zero-order valence-corrected chi connectivity index (χ0v) is 37.9. The molecular weight excluding hydrogens is 801 g/mol. The van der Waals surface area contributed by atoms with Crippen molar-refractivity contribution in [2.75, 3.05) is 31.6 Å². The van der Waals surface area contributed by atoms with Crippen LogP contribution in [0.15, 0.2) is 152 Å². The van der Waals surface area contributed by atoms with Crippen LogP contribution >= 0.6 is 0 Å². The lowest BCUT2D eigenvalue weighted by Crippen LogP contribution is -2.68. The standard InChI is InChI=1S/C52H60N6O4Si/c1-5-6-7-14-33-55-51(60)56-41-18-15-17-40(36-41)49-57-48-23-16-34-54-50(48)58(49)42-26-24-39(25-27-42)32-35-53-37-43(59)38-61-44-28-30-45(31-29-44)62-63(52(2,3)4,46-19-10-8-11-20-46)47-21-12-9-13-22-47/h8-13,15-31,34,36,43,53,59H,5-7,14,32-33,35,37-38H2,1-4H3,(H2,55,56,60)/t43-/m0/s1. The largest absolute Gasteiger partial charge is 0.534 e. The van der Waals surface area contributed by atoms with Crippen molar-refractivity contribution >= 4 is 41.6 Å². The Labute approximate surface area is 372 Å². The molecule has 5 aromatic carbocycles. The van der Waals surface area contributed by atoms with Gasteiger partial charge in [-0.1, -0.05) is 132 Å². The number of nitrogens with zero attached hydrogens (tertiary/aromatic N) is 3. The topological polar surface area (TPSA) is 123 Å². The minimum Gasteiger partial charge on any atom is -0.534 e. The van der Waals surface area contributed by atoms with E-state index in [0.29, 0.717) is 31.1 Å². The van der Waals surface area contributed by atoms with Gasteiger partial charge in [-0.25, -0.2) is 14.8 Å². The molecule has 11 heteroatoms. The Bertz CT molecular complexity index is 2470. The number of ether oxygens (including phenoxy) is 1. The van der Waals surface area contributed by atoms with Gasteiger partial charge in [0.2, 0.25) is 0 Å². The fourth-order valence-electron chi connectivity index (χ4n) is 8.01. The summed E-state index contributed by atoms with van der Waals surface area (Å²) in [5, 5.41) is 22.4. The van der Waals surface area contributed by atoms with E-state index < -0.39 is 14.4 Å². The summed E-state index contributed by atoms with van der Waals surface area (Å²) in [6.07, 6.45) is 6.28. The number of hydrogen-bond donors (Lipinski definition) is 4. The SMILES string of the molecule is CCCCCCNC(=O)Nc1cccc(-c2nc3cccnc3n2-c2ccc(CCNC[C@H](O)COc3ccc(O[Si](c4ccccc4)(c4ccccc4)C(C)(C)C)cc3)cc2)c1. The maximum atomic E-state index is 12.6. The van der Waals surface area contributed by atoms with Gasteiger partial charge in [-0.15, -0.1) is 0 Å². The number of pyridine rings is 1. The Hall–Kier alpha value is -6.27. The first kappa shape index (κ1) is 44.8. The first-order valence-electron chi connectivity index (χ1n) is 22.1. The Kier molecular flexibility index (Phi) is 15.1. The second-order valence-electron chi connectivity index (χ2n) is 17.0. The molecule has 0 saturated carbocycles. The van der Waals surface area contributed by atoms with Gasteiger partial charge in [-0.3, -0.25) is 4.57 Å². The first-order valence-corrected chi connectivity index (χ1v) is 24.1. The highest BCUT2D eigenvalue weighted by Gasteiger charge is 2.52. The van der Waals surface area contributed by atoms with Gasteiger partial charge in [0.25, 0.3) is 0 Å². The number of aliphatic hydroxyl groups is 1. The summed E-state index contributed by atoms with van der Waals surface area (Å²) < 4.78 is 15.2. The number of hydrogen-bond acceptors (Lipinski definition) is 7. The van der Waals surface area contributed by atoms with Gasteiger partial charge < -0.3 is 30.2 Å². The van der Waals surface area contributed by atoms with Gasteiger partial charge in [-0.2, -0.15) is 0 Å². The molecule has 0 aliphatic rings. The van der Waals surface area contributed by atoms with Crippen LogP contribution in [-0.2, 0) is 6.42 Å². The monoisotopic (exact) mass is 860 g/mol. The van der Waals surface area contributed by atoms with E-state index in [-0.39, 0.29) is 17.7 Å². The zero-order valence-electron chi connectivity index (χ0n) is 36.9. The summed E-state index contributed by atoms with van der Waals surface area (Å²) >= 11 is 0. The molecule has 0 saturated heterocycles. The second-order valence-corrected chi connectivity index (χ2v) is 21.2. The minimum absolute atomic E-state index is 0.148. The molecule has 326 valence electrons. The van der Waals surface area contributed by atoms with Crippen LogP contribution in [0, 0.1) is 0 Å². The number of carbonyl (C=O) groups excluding carboxylic acids is 1. The lowest BCUT2D eigenvalue weighted by atomic mass is 10.1. The molecule has 2 heterocycles.